The molecule has 2 aromatic rings. The summed E-state index contributed by atoms with van der Waals surface area (Å²) in [5.41, 5.74) is 0.162. The topological polar surface area (TPSA) is 43.1 Å². The molecule has 5 heteroatoms. The predicted molar refractivity (Wildman–Crippen MR) is 65.9 cm³/mol. The molecule has 0 saturated carbocycles. The van der Waals surface area contributed by atoms with Gasteiger partial charge in [-0.2, -0.15) is 0 Å². The van der Waals surface area contributed by atoms with Crippen molar-refractivity contribution < 1.29 is 4.92 Å². The first kappa shape index (κ1) is 9.85. The summed E-state index contributed by atoms with van der Waals surface area (Å²) in [6.07, 6.45) is 0. The van der Waals surface area contributed by atoms with E-state index in [1.165, 1.54) is 8.45 Å². The van der Waals surface area contributed by atoms with E-state index in [1.807, 2.05) is 13.0 Å². The summed E-state index contributed by atoms with van der Waals surface area (Å²) in [4.78, 5) is 11.4. The van der Waals surface area contributed by atoms with E-state index in [0.717, 1.165) is 10.1 Å². The zero-order valence-corrected chi connectivity index (χ0v) is 10.3. The summed E-state index contributed by atoms with van der Waals surface area (Å²) < 4.78 is 2.18. The number of thiophene rings is 1. The largest absolute Gasteiger partial charge is 0.270 e. The van der Waals surface area contributed by atoms with Crippen molar-refractivity contribution in [3.63, 3.8) is 0 Å². The van der Waals surface area contributed by atoms with Gasteiger partial charge in [0.05, 0.1) is 4.92 Å². The number of rotatable bonds is 1. The molecule has 0 unspecified atom stereocenters. The van der Waals surface area contributed by atoms with E-state index in [4.69, 9.17) is 0 Å². The molecule has 3 nitrogen and oxygen atoms in total. The van der Waals surface area contributed by atoms with E-state index < -0.39 is 0 Å². The Morgan fingerprint density at radius 2 is 2.21 bits per heavy atom. The number of benzene rings is 1. The van der Waals surface area contributed by atoms with Crippen molar-refractivity contribution in [1.82, 2.24) is 0 Å². The standard InChI is InChI=1S/C9H6INO2S/c1-5-9(10)7-3-2-6(11(12)13)4-8(7)14-5/h2-4H,1H3. The van der Waals surface area contributed by atoms with E-state index in [-0.39, 0.29) is 10.6 Å². The Kier molecular flexibility index (Phi) is 2.44. The number of nitro benzene ring substituents is 1. The van der Waals surface area contributed by atoms with Gasteiger partial charge in [-0.3, -0.25) is 10.1 Å². The molecule has 72 valence electrons. The fourth-order valence-electron chi connectivity index (χ4n) is 1.29. The van der Waals surface area contributed by atoms with Crippen LogP contribution in [-0.4, -0.2) is 4.92 Å². The maximum Gasteiger partial charge on any atom is 0.270 e. The number of non-ortho nitro benzene ring substituents is 1. The van der Waals surface area contributed by atoms with Crippen LogP contribution in [0.15, 0.2) is 18.2 Å². The number of nitrogens with zero attached hydrogens (tertiary/aromatic N) is 1. The van der Waals surface area contributed by atoms with E-state index in [1.54, 1.807) is 23.5 Å². The van der Waals surface area contributed by atoms with Crippen LogP contribution in [0.25, 0.3) is 10.1 Å². The van der Waals surface area contributed by atoms with Gasteiger partial charge < -0.3 is 0 Å². The fraction of sp³-hybridized carbons (Fsp3) is 0.111. The van der Waals surface area contributed by atoms with E-state index in [0.29, 0.717) is 0 Å². The SMILES string of the molecule is Cc1sc2cc([N+](=O)[O-])ccc2c1I. The van der Waals surface area contributed by atoms with Crippen LogP contribution in [0.5, 0.6) is 0 Å². The highest BCUT2D eigenvalue weighted by atomic mass is 127. The molecule has 0 radical (unpaired) electrons. The average Bonchev–Trinajstić information content (AvgIpc) is 2.42. The van der Waals surface area contributed by atoms with Gasteiger partial charge in [-0.1, -0.05) is 0 Å². The minimum absolute atomic E-state index is 0.162. The third kappa shape index (κ3) is 1.50. The number of aryl methyl sites for hydroxylation is 1. The first-order chi connectivity index (χ1) is 6.59. The highest BCUT2D eigenvalue weighted by Crippen LogP contribution is 2.33. The van der Waals surface area contributed by atoms with Crippen LogP contribution in [0.3, 0.4) is 0 Å². The van der Waals surface area contributed by atoms with Crippen LogP contribution in [0.2, 0.25) is 0 Å². The van der Waals surface area contributed by atoms with Crippen LogP contribution in [0, 0.1) is 20.6 Å². The van der Waals surface area contributed by atoms with Crippen molar-refractivity contribution in [2.45, 2.75) is 6.92 Å². The number of hydrogen-bond acceptors (Lipinski definition) is 3. The zero-order chi connectivity index (χ0) is 10.3. The minimum Gasteiger partial charge on any atom is -0.258 e. The Labute approximate surface area is 98.0 Å². The van der Waals surface area contributed by atoms with Gasteiger partial charge in [0.2, 0.25) is 0 Å². The Hall–Kier alpha value is -0.690. The molecule has 14 heavy (non-hydrogen) atoms. The van der Waals surface area contributed by atoms with Crippen LogP contribution < -0.4 is 0 Å². The minimum atomic E-state index is -0.360. The molecule has 0 aliphatic heterocycles. The summed E-state index contributed by atoms with van der Waals surface area (Å²) in [6.45, 7) is 2.03. The van der Waals surface area contributed by atoms with Gasteiger partial charge >= 0.3 is 0 Å². The molecule has 0 aliphatic carbocycles. The van der Waals surface area contributed by atoms with Crippen LogP contribution in [0.4, 0.5) is 5.69 Å². The highest BCUT2D eigenvalue weighted by Gasteiger charge is 2.11. The number of fused-ring (bicyclic) bond motifs is 1. The van der Waals surface area contributed by atoms with Crippen molar-refractivity contribution in [2.24, 2.45) is 0 Å². The predicted octanol–water partition coefficient (Wildman–Crippen LogP) is 3.72. The molecule has 1 aromatic heterocycles. The molecule has 0 fully saturated rings. The van der Waals surface area contributed by atoms with E-state index in [2.05, 4.69) is 22.6 Å². The fourth-order valence-corrected chi connectivity index (χ4v) is 3.26. The lowest BCUT2D eigenvalue weighted by Crippen LogP contribution is -1.85. The Morgan fingerprint density at radius 3 is 2.86 bits per heavy atom. The quantitative estimate of drug-likeness (QED) is 0.457. The second-order valence-corrected chi connectivity index (χ2v) is 5.24. The smallest absolute Gasteiger partial charge is 0.258 e. The molecule has 0 N–H and O–H groups in total. The third-order valence-corrected chi connectivity index (χ3v) is 4.81. The molecule has 0 saturated heterocycles. The maximum absolute atomic E-state index is 10.5. The van der Waals surface area contributed by atoms with E-state index >= 15 is 0 Å². The molecule has 1 heterocycles. The van der Waals surface area contributed by atoms with Gasteiger partial charge in [-0.15, -0.1) is 11.3 Å². The lowest BCUT2D eigenvalue weighted by atomic mass is 10.2. The number of hydrogen-bond donors (Lipinski definition) is 0. The second-order valence-electron chi connectivity index (χ2n) is 2.91. The molecular weight excluding hydrogens is 313 g/mol. The second kappa shape index (κ2) is 3.47. The molecule has 0 aliphatic rings. The molecule has 0 atom stereocenters. The van der Waals surface area contributed by atoms with Gasteiger partial charge in [0.25, 0.3) is 5.69 Å². The van der Waals surface area contributed by atoms with Gasteiger partial charge in [-0.25, -0.2) is 0 Å². The third-order valence-electron chi connectivity index (χ3n) is 1.98. The Balaban J connectivity index is 2.73. The van der Waals surface area contributed by atoms with Crippen LogP contribution >= 0.6 is 33.9 Å². The zero-order valence-electron chi connectivity index (χ0n) is 7.28. The molecule has 0 spiro atoms. The lowest BCUT2D eigenvalue weighted by molar-refractivity contribution is -0.384. The van der Waals surface area contributed by atoms with Gasteiger partial charge in [0, 0.05) is 30.7 Å². The lowest BCUT2D eigenvalue weighted by Gasteiger charge is -1.91. The Morgan fingerprint density at radius 1 is 1.50 bits per heavy atom. The van der Waals surface area contributed by atoms with Gasteiger partial charge in [0.1, 0.15) is 0 Å². The molecule has 0 bridgehead atoms. The summed E-state index contributed by atoms with van der Waals surface area (Å²) in [5, 5.41) is 11.7. The number of nitro groups is 1. The summed E-state index contributed by atoms with van der Waals surface area (Å²) >= 11 is 3.87. The van der Waals surface area contributed by atoms with Gasteiger partial charge in [0.15, 0.2) is 0 Å². The molecule has 2 rings (SSSR count). The van der Waals surface area contributed by atoms with Crippen molar-refractivity contribution in [1.29, 1.82) is 0 Å². The summed E-state index contributed by atoms with van der Waals surface area (Å²) in [7, 11) is 0. The summed E-state index contributed by atoms with van der Waals surface area (Å²) in [6, 6.07) is 5.00. The van der Waals surface area contributed by atoms with Crippen molar-refractivity contribution >= 4 is 49.7 Å². The maximum atomic E-state index is 10.5. The average molecular weight is 319 g/mol. The Bertz CT molecular complexity index is 521. The molecule has 0 amide bonds. The molecule has 1 aromatic carbocycles. The van der Waals surface area contributed by atoms with Crippen molar-refractivity contribution in [2.75, 3.05) is 0 Å². The van der Waals surface area contributed by atoms with Crippen LogP contribution in [-0.2, 0) is 0 Å². The van der Waals surface area contributed by atoms with Crippen LogP contribution in [0.1, 0.15) is 4.88 Å². The first-order valence-electron chi connectivity index (χ1n) is 3.92. The molecular formula is C9H6INO2S. The first-order valence-corrected chi connectivity index (χ1v) is 5.82. The van der Waals surface area contributed by atoms with Gasteiger partial charge in [-0.05, 0) is 35.6 Å². The normalized spacial score (nSPS) is 10.7. The van der Waals surface area contributed by atoms with Crippen molar-refractivity contribution in [3.8, 4) is 0 Å². The number of halogens is 1. The van der Waals surface area contributed by atoms with E-state index in [9.17, 15) is 10.1 Å². The summed E-state index contributed by atoms with van der Waals surface area (Å²) in [5.74, 6) is 0. The van der Waals surface area contributed by atoms with Crippen molar-refractivity contribution in [3.05, 3.63) is 36.8 Å². The highest BCUT2D eigenvalue weighted by molar-refractivity contribution is 14.1. The monoisotopic (exact) mass is 319 g/mol.